The molecule has 6 nitrogen and oxygen atoms in total. The van der Waals surface area contributed by atoms with Crippen molar-refractivity contribution < 1.29 is 18.0 Å². The van der Waals surface area contributed by atoms with Crippen LogP contribution in [0.1, 0.15) is 36.8 Å². The van der Waals surface area contributed by atoms with Crippen molar-refractivity contribution in [2.75, 3.05) is 0 Å². The SMILES string of the molecule is CCn1cnnc1CNC(=O)NC(C)c1cccc(C(F)(F)F)c1. The molecule has 0 saturated heterocycles. The fourth-order valence-corrected chi connectivity index (χ4v) is 2.15. The van der Waals surface area contributed by atoms with Gasteiger partial charge in [-0.1, -0.05) is 12.1 Å². The van der Waals surface area contributed by atoms with Gasteiger partial charge in [0, 0.05) is 6.54 Å². The Labute approximate surface area is 137 Å². The number of hydrogen-bond acceptors (Lipinski definition) is 3. The average molecular weight is 341 g/mol. The van der Waals surface area contributed by atoms with E-state index < -0.39 is 23.8 Å². The van der Waals surface area contributed by atoms with Crippen LogP contribution in [0.5, 0.6) is 0 Å². The molecule has 1 aromatic heterocycles. The van der Waals surface area contributed by atoms with E-state index in [0.29, 0.717) is 17.9 Å². The third-order valence-electron chi connectivity index (χ3n) is 3.51. The van der Waals surface area contributed by atoms with E-state index in [0.717, 1.165) is 12.1 Å². The Balaban J connectivity index is 1.94. The number of urea groups is 1. The maximum Gasteiger partial charge on any atom is 0.416 e. The van der Waals surface area contributed by atoms with Crippen LogP contribution >= 0.6 is 0 Å². The molecule has 0 saturated carbocycles. The minimum Gasteiger partial charge on any atom is -0.332 e. The van der Waals surface area contributed by atoms with Crippen LogP contribution in [0.2, 0.25) is 0 Å². The van der Waals surface area contributed by atoms with Crippen molar-refractivity contribution in [3.63, 3.8) is 0 Å². The minimum atomic E-state index is -4.41. The summed E-state index contributed by atoms with van der Waals surface area (Å²) in [7, 11) is 0. The molecule has 1 aromatic carbocycles. The number of alkyl halides is 3. The van der Waals surface area contributed by atoms with Gasteiger partial charge in [-0.05, 0) is 31.5 Å². The summed E-state index contributed by atoms with van der Waals surface area (Å²) < 4.78 is 40.0. The Hall–Kier alpha value is -2.58. The Morgan fingerprint density at radius 3 is 2.79 bits per heavy atom. The molecule has 0 bridgehead atoms. The lowest BCUT2D eigenvalue weighted by Gasteiger charge is -2.16. The topological polar surface area (TPSA) is 71.8 Å². The van der Waals surface area contributed by atoms with E-state index >= 15 is 0 Å². The molecule has 130 valence electrons. The highest BCUT2D eigenvalue weighted by Crippen LogP contribution is 2.30. The van der Waals surface area contributed by atoms with Gasteiger partial charge in [0.05, 0.1) is 18.2 Å². The zero-order valence-electron chi connectivity index (χ0n) is 13.3. The van der Waals surface area contributed by atoms with Gasteiger partial charge in [-0.25, -0.2) is 4.79 Å². The second-order valence-electron chi connectivity index (χ2n) is 5.21. The molecule has 0 radical (unpaired) electrons. The van der Waals surface area contributed by atoms with Crippen LogP contribution in [0, 0.1) is 0 Å². The number of carbonyl (C=O) groups is 1. The molecule has 2 aromatic rings. The number of hydrogen-bond donors (Lipinski definition) is 2. The van der Waals surface area contributed by atoms with Crippen LogP contribution in [0.3, 0.4) is 0 Å². The number of nitrogens with zero attached hydrogens (tertiary/aromatic N) is 3. The molecule has 0 spiro atoms. The highest BCUT2D eigenvalue weighted by atomic mass is 19.4. The third kappa shape index (κ3) is 4.46. The Morgan fingerprint density at radius 1 is 1.38 bits per heavy atom. The molecule has 0 aliphatic rings. The predicted molar refractivity (Wildman–Crippen MR) is 80.9 cm³/mol. The van der Waals surface area contributed by atoms with Crippen LogP contribution in [-0.2, 0) is 19.3 Å². The van der Waals surface area contributed by atoms with Gasteiger partial charge in [-0.15, -0.1) is 10.2 Å². The lowest BCUT2D eigenvalue weighted by Crippen LogP contribution is -2.37. The minimum absolute atomic E-state index is 0.176. The fraction of sp³-hybridized carbons (Fsp3) is 0.400. The first-order chi connectivity index (χ1) is 11.3. The highest BCUT2D eigenvalue weighted by Gasteiger charge is 2.30. The summed E-state index contributed by atoms with van der Waals surface area (Å²) >= 11 is 0. The van der Waals surface area contributed by atoms with Gasteiger partial charge in [0.25, 0.3) is 0 Å². The monoisotopic (exact) mass is 341 g/mol. The molecule has 9 heteroatoms. The van der Waals surface area contributed by atoms with E-state index in [1.165, 1.54) is 12.1 Å². The largest absolute Gasteiger partial charge is 0.416 e. The predicted octanol–water partition coefficient (Wildman–Crippen LogP) is 2.88. The molecule has 2 rings (SSSR count). The average Bonchev–Trinajstić information content (AvgIpc) is 2.99. The maximum absolute atomic E-state index is 12.7. The van der Waals surface area contributed by atoms with Crippen LogP contribution in [0.15, 0.2) is 30.6 Å². The first-order valence-corrected chi connectivity index (χ1v) is 7.39. The lowest BCUT2D eigenvalue weighted by atomic mass is 10.1. The van der Waals surface area contributed by atoms with Crippen molar-refractivity contribution in [3.8, 4) is 0 Å². The molecule has 1 atom stereocenters. The van der Waals surface area contributed by atoms with Crippen molar-refractivity contribution in [2.24, 2.45) is 0 Å². The first-order valence-electron chi connectivity index (χ1n) is 7.39. The molecule has 2 amide bonds. The van der Waals surface area contributed by atoms with Gasteiger partial charge in [0.2, 0.25) is 0 Å². The summed E-state index contributed by atoms with van der Waals surface area (Å²) in [5.74, 6) is 0.597. The van der Waals surface area contributed by atoms with Gasteiger partial charge < -0.3 is 15.2 Å². The quantitative estimate of drug-likeness (QED) is 0.878. The number of aryl methyl sites for hydroxylation is 1. The fourth-order valence-electron chi connectivity index (χ4n) is 2.15. The second-order valence-corrected chi connectivity index (χ2v) is 5.21. The van der Waals surface area contributed by atoms with Gasteiger partial charge >= 0.3 is 12.2 Å². The summed E-state index contributed by atoms with van der Waals surface area (Å²) in [6.07, 6.45) is -2.86. The first kappa shape index (κ1) is 17.8. The van der Waals surface area contributed by atoms with E-state index in [4.69, 9.17) is 0 Å². The maximum atomic E-state index is 12.7. The van der Waals surface area contributed by atoms with Crippen molar-refractivity contribution in [3.05, 3.63) is 47.5 Å². The molecule has 1 unspecified atom stereocenters. The van der Waals surface area contributed by atoms with Gasteiger partial charge in [0.15, 0.2) is 5.82 Å². The Morgan fingerprint density at radius 2 is 2.12 bits per heavy atom. The molecule has 0 aliphatic heterocycles. The number of aromatic nitrogens is 3. The summed E-state index contributed by atoms with van der Waals surface area (Å²) in [5.41, 5.74) is -0.373. The standard InChI is InChI=1S/C15H18F3N5O/c1-3-23-9-20-22-13(23)8-19-14(24)21-10(2)11-5-4-6-12(7-11)15(16,17)18/h4-7,9-10H,3,8H2,1-2H3,(H2,19,21,24). The van der Waals surface area contributed by atoms with Crippen molar-refractivity contribution in [2.45, 2.75) is 39.2 Å². The van der Waals surface area contributed by atoms with Gasteiger partial charge in [-0.2, -0.15) is 13.2 Å². The number of benzene rings is 1. The summed E-state index contributed by atoms with van der Waals surface area (Å²) in [4.78, 5) is 11.9. The van der Waals surface area contributed by atoms with Crippen LogP contribution in [-0.4, -0.2) is 20.8 Å². The summed E-state index contributed by atoms with van der Waals surface area (Å²) in [6.45, 7) is 4.38. The van der Waals surface area contributed by atoms with Crippen LogP contribution in [0.25, 0.3) is 0 Å². The summed E-state index contributed by atoms with van der Waals surface area (Å²) in [5, 5.41) is 12.8. The molecule has 0 aliphatic carbocycles. The van der Waals surface area contributed by atoms with Gasteiger partial charge in [0.1, 0.15) is 6.33 Å². The Bertz CT molecular complexity index is 698. The van der Waals surface area contributed by atoms with Crippen molar-refractivity contribution in [1.82, 2.24) is 25.4 Å². The second kappa shape index (κ2) is 7.33. The van der Waals surface area contributed by atoms with E-state index in [-0.39, 0.29) is 6.54 Å². The molecule has 24 heavy (non-hydrogen) atoms. The molecule has 0 fully saturated rings. The number of amides is 2. The van der Waals surface area contributed by atoms with E-state index in [1.807, 2.05) is 6.92 Å². The van der Waals surface area contributed by atoms with E-state index in [2.05, 4.69) is 20.8 Å². The summed E-state index contributed by atoms with van der Waals surface area (Å²) in [6, 6.07) is 3.81. The lowest BCUT2D eigenvalue weighted by molar-refractivity contribution is -0.137. The number of halogens is 3. The van der Waals surface area contributed by atoms with E-state index in [9.17, 15) is 18.0 Å². The highest BCUT2D eigenvalue weighted by molar-refractivity contribution is 5.74. The molecule has 2 N–H and O–H groups in total. The third-order valence-corrected chi connectivity index (χ3v) is 3.51. The van der Waals surface area contributed by atoms with Gasteiger partial charge in [-0.3, -0.25) is 0 Å². The molecular formula is C15H18F3N5O. The Kier molecular flexibility index (Phi) is 5.42. The van der Waals surface area contributed by atoms with E-state index in [1.54, 1.807) is 17.8 Å². The zero-order chi connectivity index (χ0) is 17.7. The van der Waals surface area contributed by atoms with Crippen LogP contribution in [0.4, 0.5) is 18.0 Å². The molecular weight excluding hydrogens is 323 g/mol. The smallest absolute Gasteiger partial charge is 0.332 e. The number of rotatable bonds is 5. The molecule has 1 heterocycles. The van der Waals surface area contributed by atoms with Crippen molar-refractivity contribution >= 4 is 6.03 Å². The normalized spacial score (nSPS) is 12.7. The van der Waals surface area contributed by atoms with Crippen molar-refractivity contribution in [1.29, 1.82) is 0 Å². The van der Waals surface area contributed by atoms with Crippen LogP contribution < -0.4 is 10.6 Å². The number of nitrogens with one attached hydrogen (secondary N) is 2. The zero-order valence-corrected chi connectivity index (χ0v) is 13.3. The number of carbonyl (C=O) groups excluding carboxylic acids is 1.